The van der Waals surface area contributed by atoms with E-state index in [0.29, 0.717) is 5.92 Å². The molecule has 0 bridgehead atoms. The molecule has 0 aromatic heterocycles. The van der Waals surface area contributed by atoms with Crippen molar-refractivity contribution in [2.45, 2.75) is 37.3 Å². The Kier molecular flexibility index (Phi) is 3.80. The van der Waals surface area contributed by atoms with Crippen LogP contribution < -0.4 is 5.32 Å². The summed E-state index contributed by atoms with van der Waals surface area (Å²) in [7, 11) is 1.86. The fourth-order valence-electron chi connectivity index (χ4n) is 2.51. The Labute approximate surface area is 96.9 Å². The number of nitriles is 1. The van der Waals surface area contributed by atoms with Crippen molar-refractivity contribution in [2.24, 2.45) is 5.92 Å². The second-order valence-electron chi connectivity index (χ2n) is 4.87. The van der Waals surface area contributed by atoms with Gasteiger partial charge in [-0.15, -0.1) is 0 Å². The predicted molar refractivity (Wildman–Crippen MR) is 59.9 cm³/mol. The van der Waals surface area contributed by atoms with E-state index in [2.05, 4.69) is 11.4 Å². The van der Waals surface area contributed by atoms with E-state index in [0.717, 1.165) is 45.5 Å². The van der Waals surface area contributed by atoms with E-state index < -0.39 is 0 Å². The summed E-state index contributed by atoms with van der Waals surface area (Å²) in [6, 6.07) is 2.37. The van der Waals surface area contributed by atoms with Crippen molar-refractivity contribution >= 4 is 0 Å². The number of nitrogens with zero attached hydrogens (tertiary/aromatic N) is 1. The van der Waals surface area contributed by atoms with Crippen LogP contribution in [-0.2, 0) is 9.47 Å². The molecule has 1 saturated carbocycles. The molecule has 0 aromatic carbocycles. The molecule has 4 nitrogen and oxygen atoms in total. The van der Waals surface area contributed by atoms with Gasteiger partial charge in [0.2, 0.25) is 0 Å². The van der Waals surface area contributed by atoms with Crippen molar-refractivity contribution in [1.29, 1.82) is 5.26 Å². The maximum Gasteiger partial charge on any atom is 0.109 e. The van der Waals surface area contributed by atoms with Crippen molar-refractivity contribution < 1.29 is 9.47 Å². The average molecular weight is 224 g/mol. The Morgan fingerprint density at radius 2 is 2.44 bits per heavy atom. The largest absolute Gasteiger partial charge is 0.381 e. The molecule has 90 valence electrons. The molecule has 1 heterocycles. The summed E-state index contributed by atoms with van der Waals surface area (Å²) in [5.74, 6) is 0.562. The van der Waals surface area contributed by atoms with Gasteiger partial charge in [-0.05, 0) is 26.3 Å². The molecular weight excluding hydrogens is 204 g/mol. The second kappa shape index (κ2) is 5.13. The highest BCUT2D eigenvalue weighted by Gasteiger charge is 2.38. The Morgan fingerprint density at radius 3 is 3.00 bits per heavy atom. The zero-order valence-corrected chi connectivity index (χ0v) is 9.87. The number of nitrogens with one attached hydrogen (secondary N) is 1. The minimum absolute atomic E-state index is 0.243. The highest BCUT2D eigenvalue weighted by atomic mass is 16.5. The first-order valence-corrected chi connectivity index (χ1v) is 6.07. The second-order valence-corrected chi connectivity index (χ2v) is 4.87. The minimum Gasteiger partial charge on any atom is -0.381 e. The molecule has 0 aromatic rings. The summed E-state index contributed by atoms with van der Waals surface area (Å²) < 4.78 is 11.2. The molecule has 3 unspecified atom stereocenters. The Balaban J connectivity index is 1.74. The zero-order chi connectivity index (χ0) is 11.4. The van der Waals surface area contributed by atoms with E-state index >= 15 is 0 Å². The molecule has 0 spiro atoms. The van der Waals surface area contributed by atoms with Crippen molar-refractivity contribution in [1.82, 2.24) is 5.32 Å². The molecule has 2 fully saturated rings. The molecule has 2 aliphatic rings. The molecule has 2 rings (SSSR count). The van der Waals surface area contributed by atoms with Crippen molar-refractivity contribution in [3.8, 4) is 6.07 Å². The smallest absolute Gasteiger partial charge is 0.109 e. The first-order chi connectivity index (χ1) is 7.78. The quantitative estimate of drug-likeness (QED) is 0.776. The van der Waals surface area contributed by atoms with Crippen LogP contribution in [0.25, 0.3) is 0 Å². The molecule has 1 aliphatic carbocycles. The molecule has 16 heavy (non-hydrogen) atoms. The van der Waals surface area contributed by atoms with E-state index in [4.69, 9.17) is 14.7 Å². The maximum atomic E-state index is 9.13. The normalized spacial score (nSPS) is 38.8. The third kappa shape index (κ3) is 2.54. The Bertz CT molecular complexity index is 271. The maximum absolute atomic E-state index is 9.13. The van der Waals surface area contributed by atoms with Gasteiger partial charge in [0.15, 0.2) is 0 Å². The number of rotatable bonds is 4. The topological polar surface area (TPSA) is 54.3 Å². The highest BCUT2D eigenvalue weighted by Crippen LogP contribution is 2.31. The van der Waals surface area contributed by atoms with Gasteiger partial charge in [-0.25, -0.2) is 0 Å². The van der Waals surface area contributed by atoms with Gasteiger partial charge in [0.05, 0.1) is 25.4 Å². The standard InChI is InChI=1S/C12H20N2O2/c1-14-12(9-13)4-2-11(6-12)16-8-10-3-5-15-7-10/h10-11,14H,2-8H2,1H3. The van der Waals surface area contributed by atoms with Gasteiger partial charge in [-0.2, -0.15) is 5.26 Å². The van der Waals surface area contributed by atoms with Gasteiger partial charge < -0.3 is 14.8 Å². The molecule has 3 atom stereocenters. The summed E-state index contributed by atoms with van der Waals surface area (Å²) in [5.41, 5.74) is -0.350. The molecule has 1 saturated heterocycles. The van der Waals surface area contributed by atoms with Crippen LogP contribution in [0.5, 0.6) is 0 Å². The van der Waals surface area contributed by atoms with Crippen molar-refractivity contribution in [3.05, 3.63) is 0 Å². The van der Waals surface area contributed by atoms with Crippen molar-refractivity contribution in [2.75, 3.05) is 26.9 Å². The summed E-state index contributed by atoms with van der Waals surface area (Å²) in [6.07, 6.45) is 4.05. The number of hydrogen-bond acceptors (Lipinski definition) is 4. The van der Waals surface area contributed by atoms with Crippen LogP contribution in [0.1, 0.15) is 25.7 Å². The number of ether oxygens (including phenoxy) is 2. The Morgan fingerprint density at radius 1 is 1.56 bits per heavy atom. The molecule has 0 amide bonds. The minimum atomic E-state index is -0.350. The van der Waals surface area contributed by atoms with Crippen LogP contribution in [-0.4, -0.2) is 38.5 Å². The first-order valence-electron chi connectivity index (χ1n) is 6.07. The molecule has 0 radical (unpaired) electrons. The van der Waals surface area contributed by atoms with Crippen LogP contribution >= 0.6 is 0 Å². The van der Waals surface area contributed by atoms with E-state index in [9.17, 15) is 0 Å². The van der Waals surface area contributed by atoms with E-state index in [1.54, 1.807) is 0 Å². The molecule has 1 N–H and O–H groups in total. The monoisotopic (exact) mass is 224 g/mol. The fraction of sp³-hybridized carbons (Fsp3) is 0.917. The summed E-state index contributed by atoms with van der Waals surface area (Å²) in [5, 5.41) is 12.2. The lowest BCUT2D eigenvalue weighted by atomic mass is 10.0. The fourth-order valence-corrected chi connectivity index (χ4v) is 2.51. The van der Waals surface area contributed by atoms with Gasteiger partial charge >= 0.3 is 0 Å². The lowest BCUT2D eigenvalue weighted by molar-refractivity contribution is 0.0278. The van der Waals surface area contributed by atoms with E-state index in [1.165, 1.54) is 0 Å². The molecule has 4 heteroatoms. The van der Waals surface area contributed by atoms with Crippen LogP contribution in [0.15, 0.2) is 0 Å². The van der Waals surface area contributed by atoms with Gasteiger partial charge in [-0.1, -0.05) is 0 Å². The third-order valence-electron chi connectivity index (χ3n) is 3.75. The van der Waals surface area contributed by atoms with E-state index in [1.807, 2.05) is 7.05 Å². The SMILES string of the molecule is CNC1(C#N)CCC(OCC2CCOC2)C1. The molecular formula is C12H20N2O2. The van der Waals surface area contributed by atoms with Gasteiger partial charge in [0.25, 0.3) is 0 Å². The third-order valence-corrected chi connectivity index (χ3v) is 3.75. The number of hydrogen-bond donors (Lipinski definition) is 1. The summed E-state index contributed by atoms with van der Waals surface area (Å²) >= 11 is 0. The van der Waals surface area contributed by atoms with Crippen LogP contribution in [0.2, 0.25) is 0 Å². The van der Waals surface area contributed by atoms with E-state index in [-0.39, 0.29) is 11.6 Å². The highest BCUT2D eigenvalue weighted by molar-refractivity contribution is 5.11. The molecule has 1 aliphatic heterocycles. The van der Waals surface area contributed by atoms with Crippen molar-refractivity contribution in [3.63, 3.8) is 0 Å². The lowest BCUT2D eigenvalue weighted by Crippen LogP contribution is -2.39. The van der Waals surface area contributed by atoms with Gasteiger partial charge in [0.1, 0.15) is 5.54 Å². The van der Waals surface area contributed by atoms with Gasteiger partial charge in [-0.3, -0.25) is 0 Å². The lowest BCUT2D eigenvalue weighted by Gasteiger charge is -2.20. The first kappa shape index (κ1) is 11.8. The summed E-state index contributed by atoms with van der Waals surface area (Å²) in [4.78, 5) is 0. The van der Waals surface area contributed by atoms with Crippen LogP contribution in [0.4, 0.5) is 0 Å². The van der Waals surface area contributed by atoms with Crippen LogP contribution in [0.3, 0.4) is 0 Å². The Hall–Kier alpha value is -0.630. The zero-order valence-electron chi connectivity index (χ0n) is 9.87. The van der Waals surface area contributed by atoms with Gasteiger partial charge in [0, 0.05) is 18.9 Å². The van der Waals surface area contributed by atoms with Crippen LogP contribution in [0, 0.1) is 17.2 Å². The predicted octanol–water partition coefficient (Wildman–Crippen LogP) is 1.07. The average Bonchev–Trinajstić information content (AvgIpc) is 2.96. The summed E-state index contributed by atoms with van der Waals surface area (Å²) in [6.45, 7) is 2.50.